The lowest BCUT2D eigenvalue weighted by Crippen LogP contribution is -2.06. The zero-order chi connectivity index (χ0) is 14.9. The summed E-state index contributed by atoms with van der Waals surface area (Å²) in [6, 6.07) is 7.59. The number of rotatable bonds is 3. The monoisotopic (exact) mass is 338 g/mol. The minimum Gasteiger partial charge on any atom is -0.478 e. The third kappa shape index (κ3) is 2.75. The number of carbonyl (C=O) groups is 1. The number of para-hydroxylation sites is 1. The van der Waals surface area contributed by atoms with Gasteiger partial charge in [-0.3, -0.25) is 0 Å². The Bertz CT molecular complexity index is 689. The predicted molar refractivity (Wildman–Crippen MR) is 79.9 cm³/mol. The molecule has 0 heterocycles. The maximum absolute atomic E-state index is 13.6. The lowest BCUT2D eigenvalue weighted by atomic mass is 10.1. The number of carboxylic acids is 1. The number of hydrogen-bond donors (Lipinski definition) is 3. The number of benzene rings is 2. The molecular formula is C14H12BrFN2O2. The molecule has 4 nitrogen and oxygen atoms in total. The van der Waals surface area contributed by atoms with Crippen LogP contribution in [-0.4, -0.2) is 11.1 Å². The molecule has 0 spiro atoms. The average molecular weight is 339 g/mol. The summed E-state index contributed by atoms with van der Waals surface area (Å²) in [4.78, 5) is 11.0. The summed E-state index contributed by atoms with van der Waals surface area (Å²) in [5.74, 6) is -1.52. The molecule has 2 aromatic rings. The zero-order valence-corrected chi connectivity index (χ0v) is 12.2. The van der Waals surface area contributed by atoms with Gasteiger partial charge in [0.15, 0.2) is 0 Å². The number of carboxylic acid groups (broad SMARTS) is 1. The van der Waals surface area contributed by atoms with Crippen molar-refractivity contribution < 1.29 is 14.3 Å². The molecule has 6 heteroatoms. The Balaban J connectivity index is 2.43. The minimum atomic E-state index is -1.11. The van der Waals surface area contributed by atoms with Gasteiger partial charge < -0.3 is 16.2 Å². The maximum Gasteiger partial charge on any atom is 0.337 e. The number of anilines is 3. The first-order valence-electron chi connectivity index (χ1n) is 5.74. The SMILES string of the molecule is Cc1cc(Br)c(F)cc1Nc1cccc(C(=O)O)c1N. The number of nitrogens with two attached hydrogens (primary N) is 1. The van der Waals surface area contributed by atoms with Gasteiger partial charge in [-0.25, -0.2) is 9.18 Å². The molecule has 0 aliphatic carbocycles. The van der Waals surface area contributed by atoms with Crippen LogP contribution in [0.2, 0.25) is 0 Å². The van der Waals surface area contributed by atoms with Gasteiger partial charge in [0.2, 0.25) is 0 Å². The Kier molecular flexibility index (Phi) is 3.94. The number of hydrogen-bond acceptors (Lipinski definition) is 3. The van der Waals surface area contributed by atoms with E-state index in [2.05, 4.69) is 21.2 Å². The Morgan fingerprint density at radius 1 is 1.35 bits per heavy atom. The van der Waals surface area contributed by atoms with Crippen molar-refractivity contribution in [2.45, 2.75) is 6.92 Å². The lowest BCUT2D eigenvalue weighted by Gasteiger charge is -2.13. The molecule has 104 valence electrons. The lowest BCUT2D eigenvalue weighted by molar-refractivity contribution is 0.0698. The highest BCUT2D eigenvalue weighted by Gasteiger charge is 2.12. The van der Waals surface area contributed by atoms with Gasteiger partial charge in [-0.05, 0) is 52.7 Å². The second-order valence-corrected chi connectivity index (χ2v) is 5.13. The molecule has 0 atom stereocenters. The first-order valence-corrected chi connectivity index (χ1v) is 6.54. The number of aromatic carboxylic acids is 1. The normalized spacial score (nSPS) is 10.3. The van der Waals surface area contributed by atoms with E-state index in [4.69, 9.17) is 10.8 Å². The van der Waals surface area contributed by atoms with Crippen LogP contribution >= 0.6 is 15.9 Å². The van der Waals surface area contributed by atoms with E-state index in [-0.39, 0.29) is 11.3 Å². The number of aryl methyl sites for hydroxylation is 1. The van der Waals surface area contributed by atoms with E-state index in [1.54, 1.807) is 18.2 Å². The Morgan fingerprint density at radius 2 is 2.05 bits per heavy atom. The van der Waals surface area contributed by atoms with E-state index in [1.807, 2.05) is 6.92 Å². The summed E-state index contributed by atoms with van der Waals surface area (Å²) in [5.41, 5.74) is 7.68. The van der Waals surface area contributed by atoms with E-state index < -0.39 is 11.8 Å². The molecule has 0 fully saturated rings. The minimum absolute atomic E-state index is 0.00485. The highest BCUT2D eigenvalue weighted by molar-refractivity contribution is 9.10. The van der Waals surface area contributed by atoms with Gasteiger partial charge in [0.05, 0.1) is 21.4 Å². The molecule has 0 aliphatic rings. The van der Waals surface area contributed by atoms with E-state index in [0.29, 0.717) is 15.8 Å². The van der Waals surface area contributed by atoms with Crippen LogP contribution in [0.1, 0.15) is 15.9 Å². The molecule has 0 saturated heterocycles. The van der Waals surface area contributed by atoms with Crippen molar-refractivity contribution in [2.75, 3.05) is 11.1 Å². The Morgan fingerprint density at radius 3 is 2.70 bits per heavy atom. The smallest absolute Gasteiger partial charge is 0.337 e. The Labute approximate surface area is 123 Å². The third-order valence-electron chi connectivity index (χ3n) is 2.87. The van der Waals surface area contributed by atoms with Crippen molar-refractivity contribution in [3.63, 3.8) is 0 Å². The van der Waals surface area contributed by atoms with Crippen molar-refractivity contribution >= 4 is 39.0 Å². The highest BCUT2D eigenvalue weighted by atomic mass is 79.9. The van der Waals surface area contributed by atoms with Gasteiger partial charge in [-0.2, -0.15) is 0 Å². The van der Waals surface area contributed by atoms with Gasteiger partial charge in [-0.1, -0.05) is 6.07 Å². The molecule has 20 heavy (non-hydrogen) atoms. The van der Waals surface area contributed by atoms with Crippen LogP contribution in [0.3, 0.4) is 0 Å². The van der Waals surface area contributed by atoms with Crippen molar-refractivity contribution in [1.29, 1.82) is 0 Å². The second kappa shape index (κ2) is 5.50. The summed E-state index contributed by atoms with van der Waals surface area (Å²) in [6.07, 6.45) is 0. The van der Waals surface area contributed by atoms with Crippen molar-refractivity contribution in [3.05, 3.63) is 51.7 Å². The summed E-state index contributed by atoms with van der Waals surface area (Å²) in [5, 5.41) is 12.0. The van der Waals surface area contributed by atoms with Crippen LogP contribution in [0.25, 0.3) is 0 Å². The highest BCUT2D eigenvalue weighted by Crippen LogP contribution is 2.30. The van der Waals surface area contributed by atoms with Gasteiger partial charge in [0, 0.05) is 5.69 Å². The average Bonchev–Trinajstić information content (AvgIpc) is 2.37. The molecule has 0 aliphatic heterocycles. The second-order valence-electron chi connectivity index (χ2n) is 4.28. The van der Waals surface area contributed by atoms with Gasteiger partial charge in [0.1, 0.15) is 5.82 Å². The van der Waals surface area contributed by atoms with Gasteiger partial charge in [0.25, 0.3) is 0 Å². The topological polar surface area (TPSA) is 75.3 Å². The van der Waals surface area contributed by atoms with Crippen molar-refractivity contribution in [3.8, 4) is 0 Å². The number of nitrogens with one attached hydrogen (secondary N) is 1. The molecule has 2 aromatic carbocycles. The number of halogens is 2. The van der Waals surface area contributed by atoms with Crippen LogP contribution < -0.4 is 11.1 Å². The fraction of sp³-hybridized carbons (Fsp3) is 0.0714. The quantitative estimate of drug-likeness (QED) is 0.741. The van der Waals surface area contributed by atoms with Crippen LogP contribution in [0.15, 0.2) is 34.8 Å². The molecule has 0 amide bonds. The summed E-state index contributed by atoms with van der Waals surface area (Å²) >= 11 is 3.11. The third-order valence-corrected chi connectivity index (χ3v) is 3.48. The zero-order valence-electron chi connectivity index (χ0n) is 10.6. The van der Waals surface area contributed by atoms with Crippen molar-refractivity contribution in [2.24, 2.45) is 0 Å². The van der Waals surface area contributed by atoms with E-state index in [0.717, 1.165) is 5.56 Å². The molecule has 0 bridgehead atoms. The summed E-state index contributed by atoms with van der Waals surface area (Å²) in [6.45, 7) is 1.81. The molecule has 0 unspecified atom stereocenters. The largest absolute Gasteiger partial charge is 0.478 e. The standard InChI is InChI=1S/C14H12BrFN2O2/c1-7-5-9(15)10(16)6-12(7)18-11-4-2-3-8(13(11)17)14(19)20/h2-6,18H,17H2,1H3,(H,19,20). The van der Waals surface area contributed by atoms with E-state index >= 15 is 0 Å². The van der Waals surface area contributed by atoms with E-state index in [1.165, 1.54) is 12.1 Å². The predicted octanol–water partition coefficient (Wildman–Crippen LogP) is 3.92. The Hall–Kier alpha value is -2.08. The molecule has 0 radical (unpaired) electrons. The molecule has 0 saturated carbocycles. The molecule has 2 rings (SSSR count). The fourth-order valence-electron chi connectivity index (χ4n) is 1.79. The summed E-state index contributed by atoms with van der Waals surface area (Å²) in [7, 11) is 0. The fourth-order valence-corrected chi connectivity index (χ4v) is 2.24. The van der Waals surface area contributed by atoms with Crippen molar-refractivity contribution in [1.82, 2.24) is 0 Å². The summed E-state index contributed by atoms with van der Waals surface area (Å²) < 4.78 is 13.9. The first kappa shape index (κ1) is 14.3. The van der Waals surface area contributed by atoms with Gasteiger partial charge >= 0.3 is 5.97 Å². The van der Waals surface area contributed by atoms with Crippen LogP contribution in [-0.2, 0) is 0 Å². The maximum atomic E-state index is 13.6. The molecular weight excluding hydrogens is 327 g/mol. The van der Waals surface area contributed by atoms with Crippen LogP contribution in [0.5, 0.6) is 0 Å². The van der Waals surface area contributed by atoms with Crippen LogP contribution in [0.4, 0.5) is 21.5 Å². The number of nitrogen functional groups attached to an aromatic ring is 1. The van der Waals surface area contributed by atoms with Crippen LogP contribution in [0, 0.1) is 12.7 Å². The molecule has 4 N–H and O–H groups in total. The first-order chi connectivity index (χ1) is 9.40. The molecule has 0 aromatic heterocycles. The van der Waals surface area contributed by atoms with E-state index in [9.17, 15) is 9.18 Å². The van der Waals surface area contributed by atoms with Gasteiger partial charge in [-0.15, -0.1) is 0 Å².